The third-order valence-corrected chi connectivity index (χ3v) is 8.25. The largest absolute Gasteiger partial charge is 0.511 e. The van der Waals surface area contributed by atoms with Gasteiger partial charge in [0.15, 0.2) is 0 Å². The van der Waals surface area contributed by atoms with Gasteiger partial charge in [-0.2, -0.15) is 17.2 Å². The molecular weight excluding hydrogens is 482 g/mol. The highest BCUT2D eigenvalue weighted by molar-refractivity contribution is 7.87. The quantitative estimate of drug-likeness (QED) is 0.234. The van der Waals surface area contributed by atoms with Crippen molar-refractivity contribution in [3.8, 4) is 0 Å². The molecule has 0 spiro atoms. The van der Waals surface area contributed by atoms with Gasteiger partial charge in [0.25, 0.3) is 0 Å². The van der Waals surface area contributed by atoms with E-state index in [2.05, 4.69) is 9.47 Å². The molecular formula is C21H28F2O10S. The fourth-order valence-corrected chi connectivity index (χ4v) is 6.77. The van der Waals surface area contributed by atoms with Crippen molar-refractivity contribution in [3.63, 3.8) is 0 Å². The van der Waals surface area contributed by atoms with Crippen LogP contribution in [-0.2, 0) is 38.7 Å². The number of halogens is 2. The van der Waals surface area contributed by atoms with Gasteiger partial charge in [-0.05, 0) is 56.8 Å². The molecule has 5 fully saturated rings. The van der Waals surface area contributed by atoms with Crippen molar-refractivity contribution >= 4 is 28.2 Å². The van der Waals surface area contributed by atoms with Crippen molar-refractivity contribution in [2.45, 2.75) is 87.1 Å². The number of carbonyl (C=O) groups excluding carboxylic acids is 3. The maximum atomic E-state index is 13.2. The van der Waals surface area contributed by atoms with Crippen LogP contribution in [0.2, 0.25) is 0 Å². The SMILES string of the molecule is O=C(OCOC(=O)C(F)(F)S(=O)(=O)O)OC12CC3CC(C1)CC(OC(=O)C1CCCCC1)(C3)C2. The second-order valence-corrected chi connectivity index (χ2v) is 11.6. The van der Waals surface area contributed by atoms with E-state index in [0.717, 1.165) is 38.5 Å². The molecule has 0 aromatic carbocycles. The Morgan fingerprint density at radius 3 is 2.03 bits per heavy atom. The second-order valence-electron chi connectivity index (χ2n) is 10.1. The van der Waals surface area contributed by atoms with Crippen LogP contribution in [0.4, 0.5) is 13.6 Å². The van der Waals surface area contributed by atoms with Crippen molar-refractivity contribution in [3.05, 3.63) is 0 Å². The van der Waals surface area contributed by atoms with Gasteiger partial charge in [-0.15, -0.1) is 0 Å². The number of alkyl halides is 2. The van der Waals surface area contributed by atoms with E-state index in [1.54, 1.807) is 0 Å². The van der Waals surface area contributed by atoms with Gasteiger partial charge < -0.3 is 18.9 Å². The zero-order chi connectivity index (χ0) is 24.8. The summed E-state index contributed by atoms with van der Waals surface area (Å²) in [5.41, 5.74) is -1.67. The van der Waals surface area contributed by atoms with Crippen molar-refractivity contribution in [1.82, 2.24) is 0 Å². The van der Waals surface area contributed by atoms with Gasteiger partial charge in [0.05, 0.1) is 5.92 Å². The molecule has 5 aliphatic rings. The summed E-state index contributed by atoms with van der Waals surface area (Å²) in [5.74, 6) is -2.52. The maximum absolute atomic E-state index is 13.2. The molecule has 0 amide bonds. The molecule has 0 heterocycles. The Bertz CT molecular complexity index is 929. The van der Waals surface area contributed by atoms with Gasteiger partial charge >= 0.3 is 33.5 Å². The molecule has 4 bridgehead atoms. The molecule has 0 aromatic heterocycles. The zero-order valence-corrected chi connectivity index (χ0v) is 19.3. The van der Waals surface area contributed by atoms with E-state index < -0.39 is 45.5 Å². The predicted molar refractivity (Wildman–Crippen MR) is 108 cm³/mol. The van der Waals surface area contributed by atoms with E-state index in [9.17, 15) is 31.6 Å². The van der Waals surface area contributed by atoms with Crippen LogP contribution in [0.25, 0.3) is 0 Å². The van der Waals surface area contributed by atoms with Crippen molar-refractivity contribution in [2.24, 2.45) is 17.8 Å². The monoisotopic (exact) mass is 510 g/mol. The Labute approximate surface area is 195 Å². The van der Waals surface area contributed by atoms with Gasteiger partial charge in [-0.3, -0.25) is 9.35 Å². The lowest BCUT2D eigenvalue weighted by Gasteiger charge is -2.60. The van der Waals surface area contributed by atoms with E-state index in [1.807, 2.05) is 0 Å². The van der Waals surface area contributed by atoms with E-state index in [4.69, 9.17) is 14.0 Å². The summed E-state index contributed by atoms with van der Waals surface area (Å²) in [7, 11) is -6.03. The molecule has 0 radical (unpaired) electrons. The number of ether oxygens (including phenoxy) is 4. The smallest absolute Gasteiger partial charge is 0.459 e. The minimum Gasteiger partial charge on any atom is -0.459 e. The first-order valence-corrected chi connectivity index (χ1v) is 12.9. The Balaban J connectivity index is 1.34. The summed E-state index contributed by atoms with van der Waals surface area (Å²) in [6.45, 7) is -1.33. The first-order chi connectivity index (χ1) is 15.8. The van der Waals surface area contributed by atoms with Crippen molar-refractivity contribution < 1.29 is 55.1 Å². The fraction of sp³-hybridized carbons (Fsp3) is 0.857. The fourth-order valence-electron chi connectivity index (χ4n) is 6.50. The van der Waals surface area contributed by atoms with E-state index in [0.29, 0.717) is 32.1 Å². The normalized spacial score (nSPS) is 33.3. The maximum Gasteiger partial charge on any atom is 0.511 e. The number of carbonyl (C=O) groups is 3. The zero-order valence-electron chi connectivity index (χ0n) is 18.5. The minimum absolute atomic E-state index is 0.112. The molecule has 2 atom stereocenters. The van der Waals surface area contributed by atoms with Crippen LogP contribution in [0.15, 0.2) is 0 Å². The highest BCUT2D eigenvalue weighted by Crippen LogP contribution is 2.60. The molecule has 13 heteroatoms. The molecule has 2 unspecified atom stereocenters. The average molecular weight is 511 g/mol. The van der Waals surface area contributed by atoms with Crippen LogP contribution in [0.5, 0.6) is 0 Å². The Kier molecular flexibility index (Phi) is 6.56. The number of hydrogen-bond donors (Lipinski definition) is 1. The topological polar surface area (TPSA) is 143 Å². The standard InChI is InChI=1S/C21H28F2O10S/c22-21(23,34(27,28)29)17(25)30-12-31-18(26)33-20-9-13-6-14(10-20)8-19(7-13,11-20)32-16(24)15-4-2-1-3-5-15/h13-15H,1-12H2,(H,27,28,29). The van der Waals surface area contributed by atoms with Gasteiger partial charge in [0, 0.05) is 6.42 Å². The Hall–Kier alpha value is -2.02. The third kappa shape index (κ3) is 5.00. The van der Waals surface area contributed by atoms with Crippen LogP contribution in [-0.4, -0.2) is 54.3 Å². The van der Waals surface area contributed by atoms with Crippen LogP contribution < -0.4 is 0 Å². The molecule has 0 aromatic rings. The van der Waals surface area contributed by atoms with Crippen molar-refractivity contribution in [2.75, 3.05) is 6.79 Å². The lowest BCUT2D eigenvalue weighted by Crippen LogP contribution is -2.62. The summed E-state index contributed by atoms with van der Waals surface area (Å²) in [5, 5.41) is -5.20. The van der Waals surface area contributed by atoms with Crippen LogP contribution in [0.3, 0.4) is 0 Å². The molecule has 5 aliphatic carbocycles. The predicted octanol–water partition coefficient (Wildman–Crippen LogP) is 3.34. The molecule has 1 N–H and O–H groups in total. The molecule has 34 heavy (non-hydrogen) atoms. The van der Waals surface area contributed by atoms with Gasteiger partial charge in [-0.25, -0.2) is 9.59 Å². The molecule has 5 rings (SSSR count). The average Bonchev–Trinajstić information content (AvgIpc) is 2.71. The summed E-state index contributed by atoms with van der Waals surface area (Å²) in [6.07, 6.45) is 7.18. The Morgan fingerprint density at radius 1 is 0.912 bits per heavy atom. The van der Waals surface area contributed by atoms with Gasteiger partial charge in [0.1, 0.15) is 11.2 Å². The Morgan fingerprint density at radius 2 is 1.47 bits per heavy atom. The van der Waals surface area contributed by atoms with E-state index in [1.165, 1.54) is 0 Å². The van der Waals surface area contributed by atoms with Crippen LogP contribution in [0.1, 0.15) is 70.6 Å². The first kappa shape index (κ1) is 25.1. The van der Waals surface area contributed by atoms with Crippen LogP contribution >= 0.6 is 0 Å². The summed E-state index contributed by atoms with van der Waals surface area (Å²) in [4.78, 5) is 36.3. The van der Waals surface area contributed by atoms with E-state index in [-0.39, 0.29) is 23.7 Å². The summed E-state index contributed by atoms with van der Waals surface area (Å²) in [6, 6.07) is 0. The second kappa shape index (κ2) is 8.89. The number of hydrogen-bond acceptors (Lipinski definition) is 9. The summed E-state index contributed by atoms with van der Waals surface area (Å²) >= 11 is 0. The number of esters is 2. The third-order valence-electron chi connectivity index (χ3n) is 7.44. The van der Waals surface area contributed by atoms with Crippen LogP contribution in [0, 0.1) is 17.8 Å². The minimum atomic E-state index is -6.03. The molecule has 0 saturated heterocycles. The highest BCUT2D eigenvalue weighted by Gasteiger charge is 2.62. The first-order valence-electron chi connectivity index (χ1n) is 11.4. The van der Waals surface area contributed by atoms with E-state index >= 15 is 0 Å². The van der Waals surface area contributed by atoms with Gasteiger partial charge in [0.2, 0.25) is 6.79 Å². The van der Waals surface area contributed by atoms with Gasteiger partial charge in [-0.1, -0.05) is 19.3 Å². The highest BCUT2D eigenvalue weighted by atomic mass is 32.2. The number of rotatable bonds is 7. The molecule has 10 nitrogen and oxygen atoms in total. The van der Waals surface area contributed by atoms with Crippen molar-refractivity contribution in [1.29, 1.82) is 0 Å². The lowest BCUT2D eigenvalue weighted by molar-refractivity contribution is -0.227. The molecule has 5 saturated carbocycles. The lowest BCUT2D eigenvalue weighted by atomic mass is 9.52. The molecule has 192 valence electrons. The summed E-state index contributed by atoms with van der Waals surface area (Å²) < 4.78 is 76.0. The molecule has 0 aliphatic heterocycles.